The Bertz CT molecular complexity index is 721. The Kier molecular flexibility index (Phi) is 4.54. The van der Waals surface area contributed by atoms with Crippen LogP contribution in [-0.4, -0.2) is 40.7 Å². The predicted molar refractivity (Wildman–Crippen MR) is 94.9 cm³/mol. The molecule has 2 fully saturated rings. The van der Waals surface area contributed by atoms with Gasteiger partial charge in [0.15, 0.2) is 6.29 Å². The molecule has 5 heteroatoms. The Labute approximate surface area is 146 Å². The van der Waals surface area contributed by atoms with Crippen molar-refractivity contribution in [3.05, 3.63) is 48.0 Å². The molecular weight excluding hydrogens is 324 g/mol. The molecule has 2 saturated heterocycles. The largest absolute Gasteiger partial charge is 0.388 e. The van der Waals surface area contributed by atoms with Crippen molar-refractivity contribution in [2.24, 2.45) is 0 Å². The molecule has 2 heterocycles. The SMILES string of the molecule is CCS[C@@H]1O[C@@H](C)[C@H](O)[C@H]2O[C@H](c3ccc4ccccc4c3)O[C@H]21. The highest BCUT2D eigenvalue weighted by atomic mass is 32.2. The van der Waals surface area contributed by atoms with Crippen LogP contribution in [0.4, 0.5) is 0 Å². The highest BCUT2D eigenvalue weighted by Gasteiger charge is 2.51. The van der Waals surface area contributed by atoms with Gasteiger partial charge in [-0.2, -0.15) is 0 Å². The van der Waals surface area contributed by atoms with E-state index in [1.807, 2.05) is 25.1 Å². The maximum absolute atomic E-state index is 10.4. The fourth-order valence-electron chi connectivity index (χ4n) is 3.41. The molecule has 2 aromatic rings. The van der Waals surface area contributed by atoms with Crippen molar-refractivity contribution in [1.29, 1.82) is 0 Å². The standard InChI is InChI=1S/C19H22O4S/c1-3-24-19-17-16(15(20)11(2)21-19)22-18(23-17)14-9-8-12-6-4-5-7-13(12)10-14/h4-11,15-20H,3H2,1-2H3/t11-,15-,16+,17+,18-,19-/m0/s1. The summed E-state index contributed by atoms with van der Waals surface area (Å²) in [7, 11) is 0. The zero-order chi connectivity index (χ0) is 16.7. The quantitative estimate of drug-likeness (QED) is 0.922. The minimum atomic E-state index is -0.672. The summed E-state index contributed by atoms with van der Waals surface area (Å²) < 4.78 is 18.2. The van der Waals surface area contributed by atoms with E-state index in [9.17, 15) is 5.11 Å². The molecule has 0 aromatic heterocycles. The van der Waals surface area contributed by atoms with Gasteiger partial charge in [-0.25, -0.2) is 0 Å². The van der Waals surface area contributed by atoms with Gasteiger partial charge in [-0.1, -0.05) is 43.3 Å². The van der Waals surface area contributed by atoms with Crippen LogP contribution in [0.1, 0.15) is 25.7 Å². The van der Waals surface area contributed by atoms with Crippen LogP contribution in [0.5, 0.6) is 0 Å². The fourth-order valence-corrected chi connectivity index (χ4v) is 4.40. The zero-order valence-corrected chi connectivity index (χ0v) is 14.6. The van der Waals surface area contributed by atoms with Gasteiger partial charge < -0.3 is 19.3 Å². The van der Waals surface area contributed by atoms with E-state index < -0.39 is 12.4 Å². The van der Waals surface area contributed by atoms with E-state index in [1.54, 1.807) is 11.8 Å². The number of fused-ring (bicyclic) bond motifs is 2. The van der Waals surface area contributed by atoms with Gasteiger partial charge in [-0.3, -0.25) is 0 Å². The monoisotopic (exact) mass is 346 g/mol. The molecule has 128 valence electrons. The molecule has 0 radical (unpaired) electrons. The van der Waals surface area contributed by atoms with Crippen molar-refractivity contribution in [1.82, 2.24) is 0 Å². The summed E-state index contributed by atoms with van der Waals surface area (Å²) in [4.78, 5) is 0. The van der Waals surface area contributed by atoms with Crippen LogP contribution in [0.3, 0.4) is 0 Å². The lowest BCUT2D eigenvalue weighted by Crippen LogP contribution is -2.54. The lowest BCUT2D eigenvalue weighted by atomic mass is 10.0. The Morgan fingerprint density at radius 2 is 1.75 bits per heavy atom. The average Bonchev–Trinajstić information content (AvgIpc) is 3.05. The molecule has 0 saturated carbocycles. The smallest absolute Gasteiger partial charge is 0.185 e. The van der Waals surface area contributed by atoms with Crippen molar-refractivity contribution < 1.29 is 19.3 Å². The van der Waals surface area contributed by atoms with Gasteiger partial charge in [0.25, 0.3) is 0 Å². The summed E-state index contributed by atoms with van der Waals surface area (Å²) in [5.41, 5.74) is 0.868. The molecule has 0 unspecified atom stereocenters. The number of rotatable bonds is 3. The maximum atomic E-state index is 10.4. The summed E-state index contributed by atoms with van der Waals surface area (Å²) >= 11 is 1.70. The van der Waals surface area contributed by atoms with E-state index in [2.05, 4.69) is 31.2 Å². The summed E-state index contributed by atoms with van der Waals surface area (Å²) in [6.45, 7) is 3.98. The second-order valence-electron chi connectivity index (χ2n) is 6.30. The second kappa shape index (κ2) is 6.65. The molecule has 0 aliphatic carbocycles. The lowest BCUT2D eigenvalue weighted by molar-refractivity contribution is -0.153. The van der Waals surface area contributed by atoms with Gasteiger partial charge in [0.2, 0.25) is 0 Å². The number of ether oxygens (including phenoxy) is 3. The molecule has 2 aliphatic heterocycles. The van der Waals surface area contributed by atoms with Gasteiger partial charge in [0.05, 0.1) is 6.10 Å². The maximum Gasteiger partial charge on any atom is 0.185 e. The van der Waals surface area contributed by atoms with Crippen molar-refractivity contribution >= 4 is 22.5 Å². The van der Waals surface area contributed by atoms with Crippen LogP contribution in [0.25, 0.3) is 10.8 Å². The third-order valence-electron chi connectivity index (χ3n) is 4.70. The summed E-state index contributed by atoms with van der Waals surface area (Å²) in [6, 6.07) is 14.4. The summed E-state index contributed by atoms with van der Waals surface area (Å²) in [5.74, 6) is 0.931. The van der Waals surface area contributed by atoms with Crippen molar-refractivity contribution in [3.63, 3.8) is 0 Å². The molecule has 2 aliphatic rings. The fraction of sp³-hybridized carbons (Fsp3) is 0.474. The second-order valence-corrected chi connectivity index (χ2v) is 7.67. The first-order valence-electron chi connectivity index (χ1n) is 8.42. The molecule has 4 nitrogen and oxygen atoms in total. The van der Waals surface area contributed by atoms with Crippen LogP contribution in [0, 0.1) is 0 Å². The normalized spacial score (nSPS) is 36.0. The molecule has 0 amide bonds. The Morgan fingerprint density at radius 3 is 2.54 bits per heavy atom. The van der Waals surface area contributed by atoms with Crippen LogP contribution in [-0.2, 0) is 14.2 Å². The molecule has 24 heavy (non-hydrogen) atoms. The van der Waals surface area contributed by atoms with Gasteiger partial charge in [-0.05, 0) is 29.5 Å². The van der Waals surface area contributed by atoms with Crippen molar-refractivity contribution in [3.8, 4) is 0 Å². The van der Waals surface area contributed by atoms with Crippen LogP contribution < -0.4 is 0 Å². The number of benzene rings is 2. The van der Waals surface area contributed by atoms with E-state index in [0.29, 0.717) is 0 Å². The topological polar surface area (TPSA) is 47.9 Å². The Balaban J connectivity index is 1.61. The van der Waals surface area contributed by atoms with Gasteiger partial charge in [-0.15, -0.1) is 11.8 Å². The first-order chi connectivity index (χ1) is 11.7. The average molecular weight is 346 g/mol. The number of aliphatic hydroxyl groups excluding tert-OH is 1. The predicted octanol–water partition coefficient (Wildman–Crippen LogP) is 3.48. The highest BCUT2D eigenvalue weighted by molar-refractivity contribution is 7.99. The first-order valence-corrected chi connectivity index (χ1v) is 9.47. The van der Waals surface area contributed by atoms with Crippen molar-refractivity contribution in [2.45, 2.75) is 50.0 Å². The molecule has 1 N–H and O–H groups in total. The third-order valence-corrected chi connectivity index (χ3v) is 5.74. The number of hydrogen-bond acceptors (Lipinski definition) is 5. The number of thioether (sulfide) groups is 1. The molecule has 2 aromatic carbocycles. The minimum Gasteiger partial charge on any atom is -0.388 e. The zero-order valence-electron chi connectivity index (χ0n) is 13.8. The number of aliphatic hydroxyl groups is 1. The Hall–Kier alpha value is -1.11. The van der Waals surface area contributed by atoms with Crippen molar-refractivity contribution in [2.75, 3.05) is 5.75 Å². The molecular formula is C19H22O4S. The molecule has 4 rings (SSSR count). The van der Waals surface area contributed by atoms with Crippen LogP contribution >= 0.6 is 11.8 Å². The van der Waals surface area contributed by atoms with Crippen LogP contribution in [0.2, 0.25) is 0 Å². The van der Waals surface area contributed by atoms with E-state index in [1.165, 1.54) is 5.39 Å². The summed E-state index contributed by atoms with van der Waals surface area (Å²) in [6.07, 6.45) is -2.00. The lowest BCUT2D eigenvalue weighted by Gasteiger charge is -2.38. The highest BCUT2D eigenvalue weighted by Crippen LogP contribution is 2.42. The third kappa shape index (κ3) is 2.85. The number of hydrogen-bond donors (Lipinski definition) is 1. The minimum absolute atomic E-state index is 0.108. The Morgan fingerprint density at radius 1 is 1.00 bits per heavy atom. The van der Waals surface area contributed by atoms with E-state index in [0.717, 1.165) is 16.7 Å². The molecule has 0 bridgehead atoms. The van der Waals surface area contributed by atoms with Crippen LogP contribution in [0.15, 0.2) is 42.5 Å². The molecule has 6 atom stereocenters. The first kappa shape index (κ1) is 16.4. The molecule has 0 spiro atoms. The van der Waals surface area contributed by atoms with E-state index in [4.69, 9.17) is 14.2 Å². The van der Waals surface area contributed by atoms with E-state index in [-0.39, 0.29) is 23.7 Å². The van der Waals surface area contributed by atoms with Gasteiger partial charge in [0, 0.05) is 5.56 Å². The van der Waals surface area contributed by atoms with Gasteiger partial charge in [0.1, 0.15) is 23.7 Å². The van der Waals surface area contributed by atoms with E-state index >= 15 is 0 Å². The summed E-state index contributed by atoms with van der Waals surface area (Å²) in [5, 5.41) is 12.8. The van der Waals surface area contributed by atoms with Gasteiger partial charge >= 0.3 is 0 Å².